The fraction of sp³-hybridized carbons (Fsp3) is 1.00. The number of rotatable bonds is 15. The van der Waals surface area contributed by atoms with Gasteiger partial charge in [-0.1, -0.05) is 0 Å². The molecular formula is C15H33BrHfO3. The second-order valence-electron chi connectivity index (χ2n) is 5.15. The zero-order chi connectivity index (χ0) is 15.1. The van der Waals surface area contributed by atoms with Gasteiger partial charge in [-0.15, -0.1) is 0 Å². The normalized spacial score (nSPS) is 12.0. The predicted molar refractivity (Wildman–Crippen MR) is 85.4 cm³/mol. The Morgan fingerprint density at radius 1 is 0.600 bits per heavy atom. The van der Waals surface area contributed by atoms with Crippen molar-refractivity contribution in [3.05, 3.63) is 0 Å². The maximum absolute atomic E-state index is 5.99. The topological polar surface area (TPSA) is 27.7 Å². The van der Waals surface area contributed by atoms with Crippen molar-refractivity contribution < 1.29 is 27.5 Å². The molecule has 0 aromatic carbocycles. The van der Waals surface area contributed by atoms with Gasteiger partial charge in [0.25, 0.3) is 0 Å². The molecule has 0 aromatic heterocycles. The van der Waals surface area contributed by atoms with E-state index in [4.69, 9.17) is 8.56 Å². The van der Waals surface area contributed by atoms with Gasteiger partial charge in [-0.3, -0.25) is 0 Å². The number of halogens is 1. The molecule has 3 nitrogen and oxygen atoms in total. The first kappa shape index (κ1) is 21.2. The van der Waals surface area contributed by atoms with Crippen LogP contribution in [0.15, 0.2) is 0 Å². The van der Waals surface area contributed by atoms with E-state index in [0.29, 0.717) is 0 Å². The first-order valence-corrected chi connectivity index (χ1v) is 20.5. The molecule has 20 heavy (non-hydrogen) atoms. The van der Waals surface area contributed by atoms with E-state index in [2.05, 4.69) is 33.1 Å². The Morgan fingerprint density at radius 2 is 0.900 bits per heavy atom. The number of hydrogen-bond donors (Lipinski definition) is 0. The van der Waals surface area contributed by atoms with Gasteiger partial charge in [-0.25, -0.2) is 0 Å². The van der Waals surface area contributed by atoms with E-state index >= 15 is 0 Å². The Bertz CT molecular complexity index is 174. The first-order valence-electron chi connectivity index (χ1n) is 8.29. The SMILES string of the molecule is CCCCC[O][Hf]([Br])([O]CCCCC)[O]CCCCC. The molecule has 0 N–H and O–H groups in total. The molecule has 0 atom stereocenters. The van der Waals surface area contributed by atoms with Crippen LogP contribution in [0.25, 0.3) is 0 Å². The number of hydrogen-bond acceptors (Lipinski definition) is 3. The van der Waals surface area contributed by atoms with Crippen LogP contribution in [-0.2, 0) is 27.5 Å². The summed E-state index contributed by atoms with van der Waals surface area (Å²) in [6.07, 6.45) is 10.6. The van der Waals surface area contributed by atoms with Crippen LogP contribution in [0.2, 0.25) is 0 Å². The second-order valence-corrected chi connectivity index (χ2v) is 19.7. The van der Waals surface area contributed by atoms with Crippen molar-refractivity contribution in [3.8, 4) is 0 Å². The van der Waals surface area contributed by atoms with Crippen molar-refractivity contribution in [3.63, 3.8) is 0 Å². The molecule has 0 fully saturated rings. The van der Waals surface area contributed by atoms with E-state index in [-0.39, 0.29) is 0 Å². The van der Waals surface area contributed by atoms with Crippen molar-refractivity contribution in [2.75, 3.05) is 19.8 Å². The molecule has 5 heteroatoms. The number of unbranched alkanes of at least 4 members (excludes halogenated alkanes) is 6. The summed E-state index contributed by atoms with van der Waals surface area (Å²) in [5, 5.41) is 0. The molecule has 0 amide bonds. The summed E-state index contributed by atoms with van der Waals surface area (Å²) in [7, 11) is 0. The molecule has 0 aliphatic rings. The molecule has 0 saturated heterocycles. The second kappa shape index (κ2) is 15.1. The van der Waals surface area contributed by atoms with Gasteiger partial charge in [-0.2, -0.15) is 0 Å². The molecule has 0 aliphatic carbocycles. The molecule has 0 spiro atoms. The van der Waals surface area contributed by atoms with Crippen molar-refractivity contribution >= 4 is 12.3 Å². The van der Waals surface area contributed by atoms with Gasteiger partial charge in [0.15, 0.2) is 0 Å². The summed E-state index contributed by atoms with van der Waals surface area (Å²) < 4.78 is 18.0. The molecular weight excluding hydrogens is 487 g/mol. The summed E-state index contributed by atoms with van der Waals surface area (Å²) in [5.41, 5.74) is 0. The van der Waals surface area contributed by atoms with Gasteiger partial charge < -0.3 is 0 Å². The molecule has 0 radical (unpaired) electrons. The van der Waals surface area contributed by atoms with Gasteiger partial charge >= 0.3 is 138 Å². The van der Waals surface area contributed by atoms with Crippen LogP contribution in [0, 0.1) is 0 Å². The monoisotopic (exact) mass is 520 g/mol. The molecule has 0 heterocycles. The Morgan fingerprint density at radius 3 is 1.15 bits per heavy atom. The van der Waals surface area contributed by atoms with E-state index in [1.807, 2.05) is 0 Å². The van der Waals surface area contributed by atoms with Crippen LogP contribution in [0.3, 0.4) is 0 Å². The molecule has 0 bridgehead atoms. The summed E-state index contributed by atoms with van der Waals surface area (Å²) >= 11 is 0.182. The van der Waals surface area contributed by atoms with Crippen molar-refractivity contribution in [2.45, 2.75) is 78.6 Å². The van der Waals surface area contributed by atoms with E-state index in [9.17, 15) is 0 Å². The van der Waals surface area contributed by atoms with Crippen LogP contribution in [0.4, 0.5) is 0 Å². The molecule has 0 saturated carbocycles. The Labute approximate surface area is 137 Å². The van der Waals surface area contributed by atoms with Crippen LogP contribution in [0.1, 0.15) is 78.6 Å². The summed E-state index contributed by atoms with van der Waals surface area (Å²) in [4.78, 5) is 0. The average Bonchev–Trinajstić information content (AvgIpc) is 2.45. The van der Waals surface area contributed by atoms with E-state index in [0.717, 1.165) is 39.1 Å². The standard InChI is InChI=1S/3C5H11O.BrH.Hf/c3*1-2-3-4-5-6;;/h3*2-5H2,1H3;1H;/q3*-1;;+4/p-1. The van der Waals surface area contributed by atoms with Crippen LogP contribution >= 0.6 is 12.3 Å². The molecule has 0 aliphatic heterocycles. The fourth-order valence-electron chi connectivity index (χ4n) is 1.76. The first-order chi connectivity index (χ1) is 9.68. The van der Waals surface area contributed by atoms with Gasteiger partial charge in [0.1, 0.15) is 0 Å². The van der Waals surface area contributed by atoms with Crippen LogP contribution < -0.4 is 0 Å². The van der Waals surface area contributed by atoms with Crippen LogP contribution in [0.5, 0.6) is 0 Å². The van der Waals surface area contributed by atoms with E-state index < -0.39 is 18.9 Å². The average molecular weight is 520 g/mol. The minimum absolute atomic E-state index is 0.766. The Kier molecular flexibility index (Phi) is 16.1. The molecule has 122 valence electrons. The zero-order valence-electron chi connectivity index (χ0n) is 13.6. The molecule has 0 rings (SSSR count). The maximum atomic E-state index is 5.99. The van der Waals surface area contributed by atoms with Crippen LogP contribution in [-0.4, -0.2) is 19.8 Å². The van der Waals surface area contributed by atoms with Crippen molar-refractivity contribution in [1.29, 1.82) is 0 Å². The van der Waals surface area contributed by atoms with Crippen molar-refractivity contribution in [1.82, 2.24) is 0 Å². The third-order valence-electron chi connectivity index (χ3n) is 3.07. The third-order valence-corrected chi connectivity index (χ3v) is 14.6. The molecule has 0 unspecified atom stereocenters. The van der Waals surface area contributed by atoms with E-state index in [1.54, 1.807) is 0 Å². The quantitative estimate of drug-likeness (QED) is 0.202. The Hall–Kier alpha value is 1.23. The minimum atomic E-state index is -3.52. The predicted octanol–water partition coefficient (Wildman–Crippen LogP) is 5.82. The summed E-state index contributed by atoms with van der Waals surface area (Å²) in [6.45, 7) is 8.91. The fourth-order valence-corrected chi connectivity index (χ4v) is 10.8. The van der Waals surface area contributed by atoms with Crippen molar-refractivity contribution in [2.24, 2.45) is 0 Å². The zero-order valence-corrected chi connectivity index (χ0v) is 18.8. The summed E-state index contributed by atoms with van der Waals surface area (Å²) in [6, 6.07) is 0. The van der Waals surface area contributed by atoms with Gasteiger partial charge in [0.2, 0.25) is 0 Å². The van der Waals surface area contributed by atoms with Gasteiger partial charge in [0.05, 0.1) is 0 Å². The third kappa shape index (κ3) is 12.9. The molecule has 0 aromatic rings. The van der Waals surface area contributed by atoms with E-state index in [1.165, 1.54) is 38.5 Å². The van der Waals surface area contributed by atoms with Gasteiger partial charge in [-0.05, 0) is 0 Å². The Balaban J connectivity index is 3.98. The summed E-state index contributed by atoms with van der Waals surface area (Å²) in [5.74, 6) is 0. The van der Waals surface area contributed by atoms with Gasteiger partial charge in [0, 0.05) is 0 Å².